The van der Waals surface area contributed by atoms with Gasteiger partial charge in [-0.1, -0.05) is 12.1 Å². The van der Waals surface area contributed by atoms with Gasteiger partial charge in [-0.05, 0) is 38.5 Å². The van der Waals surface area contributed by atoms with Gasteiger partial charge in [-0.3, -0.25) is 9.59 Å². The fourth-order valence-electron chi connectivity index (χ4n) is 2.71. The highest BCUT2D eigenvalue weighted by Crippen LogP contribution is 2.11. The van der Waals surface area contributed by atoms with Crippen molar-refractivity contribution in [2.24, 2.45) is 0 Å². The first-order chi connectivity index (χ1) is 12.6. The van der Waals surface area contributed by atoms with Crippen LogP contribution < -0.4 is 10.6 Å². The van der Waals surface area contributed by atoms with Crippen LogP contribution in [-0.2, 0) is 20.7 Å². The monoisotopic (exact) mass is 379 g/mol. The first-order valence-electron chi connectivity index (χ1n) is 8.93. The largest absolute Gasteiger partial charge is 0.444 e. The van der Waals surface area contributed by atoms with Crippen molar-refractivity contribution in [3.8, 4) is 0 Å². The van der Waals surface area contributed by atoms with Crippen molar-refractivity contribution in [1.29, 1.82) is 0 Å². The highest BCUT2D eigenvalue weighted by Gasteiger charge is 2.29. The molecule has 0 spiro atoms. The summed E-state index contributed by atoms with van der Waals surface area (Å²) < 4.78 is 18.4. The van der Waals surface area contributed by atoms with Crippen molar-refractivity contribution in [3.05, 3.63) is 35.6 Å². The van der Waals surface area contributed by atoms with Crippen LogP contribution in [0.1, 0.15) is 32.8 Å². The number of carbonyl (C=O) groups is 3. The molecule has 2 N–H and O–H groups in total. The van der Waals surface area contributed by atoms with Crippen LogP contribution in [0, 0.1) is 5.82 Å². The third kappa shape index (κ3) is 6.88. The molecule has 0 bridgehead atoms. The van der Waals surface area contributed by atoms with E-state index in [0.717, 1.165) is 0 Å². The number of amides is 3. The Balaban J connectivity index is 2.14. The maximum absolute atomic E-state index is 13.1. The van der Waals surface area contributed by atoms with Gasteiger partial charge in [0.15, 0.2) is 0 Å². The van der Waals surface area contributed by atoms with Gasteiger partial charge in [0, 0.05) is 32.5 Å². The third-order valence-corrected chi connectivity index (χ3v) is 3.97. The minimum Gasteiger partial charge on any atom is -0.444 e. The zero-order chi connectivity index (χ0) is 20.0. The molecule has 1 aromatic carbocycles. The van der Waals surface area contributed by atoms with Crippen molar-refractivity contribution in [2.75, 3.05) is 19.6 Å². The molecule has 0 saturated carbocycles. The van der Waals surface area contributed by atoms with Crippen LogP contribution in [0.5, 0.6) is 0 Å². The van der Waals surface area contributed by atoms with Gasteiger partial charge in [-0.25, -0.2) is 9.18 Å². The third-order valence-electron chi connectivity index (χ3n) is 3.97. The number of halogens is 1. The van der Waals surface area contributed by atoms with Crippen LogP contribution >= 0.6 is 0 Å². The van der Waals surface area contributed by atoms with E-state index in [1.54, 1.807) is 37.8 Å². The van der Waals surface area contributed by atoms with Gasteiger partial charge in [0.25, 0.3) is 0 Å². The van der Waals surface area contributed by atoms with Crippen molar-refractivity contribution in [1.82, 2.24) is 15.5 Å². The van der Waals surface area contributed by atoms with E-state index in [0.29, 0.717) is 18.7 Å². The number of benzene rings is 1. The maximum Gasteiger partial charge on any atom is 0.408 e. The van der Waals surface area contributed by atoms with E-state index < -0.39 is 17.7 Å². The zero-order valence-electron chi connectivity index (χ0n) is 15.9. The average molecular weight is 379 g/mol. The summed E-state index contributed by atoms with van der Waals surface area (Å²) in [7, 11) is 0. The van der Waals surface area contributed by atoms with Crippen molar-refractivity contribution in [2.45, 2.75) is 45.3 Å². The molecule has 1 aromatic rings. The molecule has 27 heavy (non-hydrogen) atoms. The Bertz CT molecular complexity index is 685. The standard InChI is InChI=1S/C19H26FN3O4/c1-19(2,3)27-18(26)22-15(12-13-4-6-14(20)7-5-13)17(25)23-10-8-16(24)21-9-11-23/h4-7,15H,8-12H2,1-3H3,(H,21,24)(H,22,26). The fraction of sp³-hybridized carbons (Fsp3) is 0.526. The summed E-state index contributed by atoms with van der Waals surface area (Å²) >= 11 is 0. The van der Waals surface area contributed by atoms with Gasteiger partial charge in [-0.15, -0.1) is 0 Å². The fourth-order valence-corrected chi connectivity index (χ4v) is 2.71. The van der Waals surface area contributed by atoms with E-state index in [1.165, 1.54) is 12.1 Å². The Morgan fingerprint density at radius 1 is 1.26 bits per heavy atom. The predicted octanol–water partition coefficient (Wildman–Crippen LogP) is 1.61. The Kier molecular flexibility index (Phi) is 6.76. The van der Waals surface area contributed by atoms with E-state index in [-0.39, 0.29) is 37.0 Å². The lowest BCUT2D eigenvalue weighted by Gasteiger charge is -2.28. The van der Waals surface area contributed by atoms with Gasteiger partial charge in [0.1, 0.15) is 17.5 Å². The second-order valence-corrected chi connectivity index (χ2v) is 7.45. The molecule has 148 valence electrons. The number of nitrogens with one attached hydrogen (secondary N) is 2. The van der Waals surface area contributed by atoms with Crippen molar-refractivity contribution in [3.63, 3.8) is 0 Å². The quantitative estimate of drug-likeness (QED) is 0.832. The molecule has 1 fully saturated rings. The predicted molar refractivity (Wildman–Crippen MR) is 97.5 cm³/mol. The highest BCUT2D eigenvalue weighted by atomic mass is 19.1. The summed E-state index contributed by atoms with van der Waals surface area (Å²) in [5.74, 6) is -0.791. The van der Waals surface area contributed by atoms with Gasteiger partial charge >= 0.3 is 6.09 Å². The van der Waals surface area contributed by atoms with Crippen molar-refractivity contribution >= 4 is 17.9 Å². The lowest BCUT2D eigenvalue weighted by Crippen LogP contribution is -2.51. The Hall–Kier alpha value is -2.64. The lowest BCUT2D eigenvalue weighted by molar-refractivity contribution is -0.133. The molecule has 1 saturated heterocycles. The Morgan fingerprint density at radius 3 is 2.56 bits per heavy atom. The molecule has 2 rings (SSSR count). The molecule has 3 amide bonds. The lowest BCUT2D eigenvalue weighted by atomic mass is 10.0. The topological polar surface area (TPSA) is 87.7 Å². The molecule has 1 atom stereocenters. The first kappa shape index (κ1) is 20.7. The number of ether oxygens (including phenoxy) is 1. The summed E-state index contributed by atoms with van der Waals surface area (Å²) in [4.78, 5) is 38.2. The van der Waals surface area contributed by atoms with Crippen LogP contribution in [0.15, 0.2) is 24.3 Å². The molecule has 8 heteroatoms. The van der Waals surface area contributed by atoms with Crippen LogP contribution in [0.25, 0.3) is 0 Å². The Labute approximate surface area is 158 Å². The maximum atomic E-state index is 13.1. The molecule has 1 unspecified atom stereocenters. The summed E-state index contributed by atoms with van der Waals surface area (Å²) in [6, 6.07) is 4.87. The molecule has 7 nitrogen and oxygen atoms in total. The summed E-state index contributed by atoms with van der Waals surface area (Å²) in [5.41, 5.74) is 0.00166. The van der Waals surface area contributed by atoms with Crippen molar-refractivity contribution < 1.29 is 23.5 Å². The highest BCUT2D eigenvalue weighted by molar-refractivity contribution is 5.87. The smallest absolute Gasteiger partial charge is 0.408 e. The van der Waals surface area contributed by atoms with E-state index in [1.807, 2.05) is 0 Å². The van der Waals surface area contributed by atoms with Gasteiger partial charge in [0.2, 0.25) is 11.8 Å². The van der Waals surface area contributed by atoms with Crippen LogP contribution in [0.3, 0.4) is 0 Å². The van der Waals surface area contributed by atoms with E-state index >= 15 is 0 Å². The molecule has 0 aromatic heterocycles. The number of hydrogen-bond acceptors (Lipinski definition) is 4. The summed E-state index contributed by atoms with van der Waals surface area (Å²) in [5, 5.41) is 5.32. The molecular formula is C19H26FN3O4. The number of carbonyl (C=O) groups excluding carboxylic acids is 3. The van der Waals surface area contributed by atoms with E-state index in [4.69, 9.17) is 4.74 Å². The van der Waals surface area contributed by atoms with Crippen LogP contribution in [0.2, 0.25) is 0 Å². The van der Waals surface area contributed by atoms with Gasteiger partial charge in [-0.2, -0.15) is 0 Å². The minimum atomic E-state index is -0.876. The average Bonchev–Trinajstić information content (AvgIpc) is 2.78. The number of alkyl carbamates (subject to hydrolysis) is 1. The second-order valence-electron chi connectivity index (χ2n) is 7.45. The summed E-state index contributed by atoms with van der Waals surface area (Å²) in [6.07, 6.45) is -0.301. The number of rotatable bonds is 4. The molecule has 1 aliphatic heterocycles. The molecule has 1 heterocycles. The first-order valence-corrected chi connectivity index (χ1v) is 8.93. The molecule has 1 aliphatic rings. The van der Waals surface area contributed by atoms with Crippen LogP contribution in [0.4, 0.5) is 9.18 Å². The zero-order valence-corrected chi connectivity index (χ0v) is 15.9. The van der Waals surface area contributed by atoms with Crippen LogP contribution in [-0.4, -0.2) is 54.1 Å². The molecular weight excluding hydrogens is 353 g/mol. The van der Waals surface area contributed by atoms with Gasteiger partial charge < -0.3 is 20.3 Å². The minimum absolute atomic E-state index is 0.111. The van der Waals surface area contributed by atoms with E-state index in [9.17, 15) is 18.8 Å². The molecule has 0 radical (unpaired) electrons. The SMILES string of the molecule is CC(C)(C)OC(=O)NC(Cc1ccc(F)cc1)C(=O)N1CCNC(=O)CC1. The summed E-state index contributed by atoms with van der Waals surface area (Å²) in [6.45, 7) is 6.20. The second kappa shape index (κ2) is 8.83. The normalized spacial score (nSPS) is 16.1. The van der Waals surface area contributed by atoms with E-state index in [2.05, 4.69) is 10.6 Å². The van der Waals surface area contributed by atoms with Gasteiger partial charge in [0.05, 0.1) is 0 Å². The molecule has 0 aliphatic carbocycles. The Morgan fingerprint density at radius 2 is 1.93 bits per heavy atom. The number of hydrogen-bond donors (Lipinski definition) is 2. The number of nitrogens with zero attached hydrogens (tertiary/aromatic N) is 1.